The van der Waals surface area contributed by atoms with Gasteiger partial charge in [-0.1, -0.05) is 57.8 Å². The maximum atomic E-state index is 12.3. The molecule has 0 aromatic heterocycles. The lowest BCUT2D eigenvalue weighted by Crippen LogP contribution is -2.51. The number of unbranched alkanes of at least 4 members (excludes halogenated alkanes) is 5. The Labute approximate surface area is 186 Å². The summed E-state index contributed by atoms with van der Waals surface area (Å²) >= 11 is 0. The van der Waals surface area contributed by atoms with Gasteiger partial charge in [0.1, 0.15) is 5.78 Å². The molecule has 1 saturated carbocycles. The van der Waals surface area contributed by atoms with E-state index >= 15 is 0 Å². The lowest BCUT2D eigenvalue weighted by atomic mass is 9.86. The van der Waals surface area contributed by atoms with Crippen LogP contribution in [0.4, 0.5) is 0 Å². The van der Waals surface area contributed by atoms with Crippen molar-refractivity contribution in [3.05, 3.63) is 24.8 Å². The van der Waals surface area contributed by atoms with Crippen LogP contribution in [0.5, 0.6) is 0 Å². The number of carbonyl (C=O) groups excluding carboxylic acids is 3. The Morgan fingerprint density at radius 2 is 1.97 bits per heavy atom. The Kier molecular flexibility index (Phi) is 12.6. The topological polar surface area (TPSA) is 101 Å². The van der Waals surface area contributed by atoms with Crippen LogP contribution in [0.3, 0.4) is 0 Å². The molecule has 1 rings (SSSR count). The fourth-order valence-electron chi connectivity index (χ4n) is 4.16. The molecule has 0 aliphatic heterocycles. The van der Waals surface area contributed by atoms with Crippen LogP contribution in [-0.2, 0) is 19.1 Å². The number of aliphatic hydroxyl groups excluding tert-OH is 1. The van der Waals surface area contributed by atoms with Gasteiger partial charge in [-0.3, -0.25) is 9.59 Å². The van der Waals surface area contributed by atoms with E-state index < -0.39 is 23.5 Å². The number of allylic oxidation sites excluding steroid dienone is 2. The molecule has 0 spiro atoms. The molecule has 2 N–H and O–H groups in total. The normalized spacial score (nSPS) is 21.7. The fraction of sp³-hybridized carbons (Fsp3) is 0.720. The Balaban J connectivity index is 2.48. The molecule has 2 unspecified atom stereocenters. The number of hydrogen-bond donors (Lipinski definition) is 2. The molecule has 6 heteroatoms. The summed E-state index contributed by atoms with van der Waals surface area (Å²) in [5.41, 5.74) is -2.36. The molecule has 1 aliphatic carbocycles. The third kappa shape index (κ3) is 8.34. The minimum atomic E-state index is -2.36. The van der Waals surface area contributed by atoms with Crippen molar-refractivity contribution in [2.45, 2.75) is 96.2 Å². The first-order chi connectivity index (χ1) is 14.8. The maximum absolute atomic E-state index is 12.3. The van der Waals surface area contributed by atoms with E-state index in [2.05, 4.69) is 30.4 Å². The van der Waals surface area contributed by atoms with Gasteiger partial charge in [-0.05, 0) is 51.0 Å². The summed E-state index contributed by atoms with van der Waals surface area (Å²) in [7, 11) is 0. The average Bonchev–Trinajstić information content (AvgIpc) is 3.11. The molecular formula is C25H40O6. The zero-order chi connectivity index (χ0) is 23.3. The molecule has 0 heterocycles. The molecule has 6 nitrogen and oxygen atoms in total. The predicted octanol–water partition coefficient (Wildman–Crippen LogP) is 4.08. The monoisotopic (exact) mass is 436 g/mol. The predicted molar refractivity (Wildman–Crippen MR) is 120 cm³/mol. The van der Waals surface area contributed by atoms with Gasteiger partial charge in [0, 0.05) is 12.3 Å². The van der Waals surface area contributed by atoms with E-state index in [9.17, 15) is 24.6 Å². The van der Waals surface area contributed by atoms with Crippen molar-refractivity contribution in [2.24, 2.45) is 11.8 Å². The Bertz CT molecular complexity index is 626. The van der Waals surface area contributed by atoms with Gasteiger partial charge < -0.3 is 14.9 Å². The van der Waals surface area contributed by atoms with Crippen molar-refractivity contribution in [3.63, 3.8) is 0 Å². The molecule has 1 aliphatic rings. The molecule has 0 aromatic rings. The largest absolute Gasteiger partial charge is 0.460 e. The Morgan fingerprint density at radius 3 is 2.61 bits per heavy atom. The summed E-state index contributed by atoms with van der Waals surface area (Å²) in [5, 5.41) is 20.8. The highest BCUT2D eigenvalue weighted by Gasteiger charge is 2.44. The highest BCUT2D eigenvalue weighted by molar-refractivity contribution is 6.37. The van der Waals surface area contributed by atoms with E-state index in [0.717, 1.165) is 18.9 Å². The number of rotatable bonds is 16. The van der Waals surface area contributed by atoms with Crippen molar-refractivity contribution in [1.82, 2.24) is 0 Å². The van der Waals surface area contributed by atoms with Gasteiger partial charge in [0.05, 0.1) is 12.7 Å². The first-order valence-electron chi connectivity index (χ1n) is 11.8. The zero-order valence-corrected chi connectivity index (χ0v) is 19.2. The van der Waals surface area contributed by atoms with Crippen LogP contribution >= 0.6 is 0 Å². The third-order valence-electron chi connectivity index (χ3n) is 6.15. The number of esters is 1. The van der Waals surface area contributed by atoms with E-state index in [1.807, 2.05) is 0 Å². The lowest BCUT2D eigenvalue weighted by Gasteiger charge is -2.27. The van der Waals surface area contributed by atoms with Crippen molar-refractivity contribution < 1.29 is 29.3 Å². The molecule has 0 radical (unpaired) electrons. The number of carbonyl (C=O) groups is 3. The van der Waals surface area contributed by atoms with Crippen molar-refractivity contribution >= 4 is 17.5 Å². The average molecular weight is 437 g/mol. The first kappa shape index (κ1) is 27.2. The van der Waals surface area contributed by atoms with Crippen LogP contribution in [0.15, 0.2) is 24.8 Å². The van der Waals surface area contributed by atoms with Gasteiger partial charge in [0.25, 0.3) is 5.78 Å². The van der Waals surface area contributed by atoms with E-state index in [0.29, 0.717) is 31.5 Å². The van der Waals surface area contributed by atoms with E-state index in [1.165, 1.54) is 25.7 Å². The second-order valence-electron chi connectivity index (χ2n) is 8.43. The molecule has 4 atom stereocenters. The number of hydrogen-bond acceptors (Lipinski definition) is 6. The SMILES string of the molecule is C=CC(O)(C(=O)C(=O)OCC)C(O)CCCC[C@H]1C(=O)CC[C@@H]1C=CCCCCCC. The lowest BCUT2D eigenvalue weighted by molar-refractivity contribution is -0.165. The third-order valence-corrected chi connectivity index (χ3v) is 6.15. The van der Waals surface area contributed by atoms with Crippen LogP contribution in [0.1, 0.15) is 84.5 Å². The summed E-state index contributed by atoms with van der Waals surface area (Å²) in [6.45, 7) is 7.13. The number of Topliss-reactive ketones (excluding diaryl/α,β-unsaturated/α-hetero) is 2. The molecule has 31 heavy (non-hydrogen) atoms. The van der Waals surface area contributed by atoms with Crippen molar-refractivity contribution in [3.8, 4) is 0 Å². The minimum Gasteiger partial charge on any atom is -0.460 e. The molecule has 0 bridgehead atoms. The molecule has 176 valence electrons. The van der Waals surface area contributed by atoms with Crippen molar-refractivity contribution in [2.75, 3.05) is 6.61 Å². The highest BCUT2D eigenvalue weighted by atomic mass is 16.5. The van der Waals surface area contributed by atoms with Crippen molar-refractivity contribution in [1.29, 1.82) is 0 Å². The van der Waals surface area contributed by atoms with Crippen LogP contribution in [0, 0.1) is 11.8 Å². The van der Waals surface area contributed by atoms with Gasteiger partial charge in [0.2, 0.25) is 0 Å². The summed E-state index contributed by atoms with van der Waals surface area (Å²) in [6, 6.07) is 0. The van der Waals surface area contributed by atoms with Gasteiger partial charge in [0.15, 0.2) is 5.60 Å². The minimum absolute atomic E-state index is 0.00232. The smallest absolute Gasteiger partial charge is 0.378 e. The highest BCUT2D eigenvalue weighted by Crippen LogP contribution is 2.34. The van der Waals surface area contributed by atoms with Crippen LogP contribution in [0.25, 0.3) is 0 Å². The van der Waals surface area contributed by atoms with E-state index in [4.69, 9.17) is 0 Å². The zero-order valence-electron chi connectivity index (χ0n) is 19.2. The van der Waals surface area contributed by atoms with Gasteiger partial charge in [-0.15, -0.1) is 0 Å². The molecule has 0 saturated heterocycles. The molecule has 1 fully saturated rings. The van der Waals surface area contributed by atoms with E-state index in [-0.39, 0.29) is 24.9 Å². The summed E-state index contributed by atoms with van der Waals surface area (Å²) in [6.07, 6.45) is 13.3. The number of ketones is 2. The van der Waals surface area contributed by atoms with Gasteiger partial charge in [-0.25, -0.2) is 4.79 Å². The molecular weight excluding hydrogens is 396 g/mol. The summed E-state index contributed by atoms with van der Waals surface area (Å²) in [5.74, 6) is -1.83. The fourth-order valence-corrected chi connectivity index (χ4v) is 4.16. The quantitative estimate of drug-likeness (QED) is 0.164. The van der Waals surface area contributed by atoms with E-state index in [1.54, 1.807) is 6.92 Å². The Morgan fingerprint density at radius 1 is 1.23 bits per heavy atom. The van der Waals surface area contributed by atoms with Gasteiger partial charge in [-0.2, -0.15) is 0 Å². The molecule has 0 aromatic carbocycles. The number of aliphatic hydroxyl groups is 2. The van der Waals surface area contributed by atoms with Crippen LogP contribution in [-0.4, -0.2) is 46.1 Å². The summed E-state index contributed by atoms with van der Waals surface area (Å²) in [4.78, 5) is 36.1. The second-order valence-corrected chi connectivity index (χ2v) is 8.43. The van der Waals surface area contributed by atoms with Gasteiger partial charge >= 0.3 is 5.97 Å². The van der Waals surface area contributed by atoms with Crippen LogP contribution < -0.4 is 0 Å². The Hall–Kier alpha value is -1.79. The second kappa shape index (κ2) is 14.3. The summed E-state index contributed by atoms with van der Waals surface area (Å²) < 4.78 is 4.63. The standard InChI is InChI=1S/C25H40O6/c1-4-7-8-9-10-11-14-19-17-18-21(26)20(19)15-12-13-16-22(27)25(30,5-2)23(28)24(29)31-6-3/h5,11,14,19-20,22,27,30H,2,4,6-10,12-13,15-18H2,1,3H3/t19-,20+,22?,25?/m0/s1. The molecule has 0 amide bonds. The maximum Gasteiger partial charge on any atom is 0.378 e. The first-order valence-corrected chi connectivity index (χ1v) is 11.8. The number of ether oxygens (including phenoxy) is 1. The van der Waals surface area contributed by atoms with Crippen LogP contribution in [0.2, 0.25) is 0 Å².